The van der Waals surface area contributed by atoms with Gasteiger partial charge in [0.25, 0.3) is 5.91 Å². The van der Waals surface area contributed by atoms with E-state index in [1.54, 1.807) is 0 Å². The first-order valence-electron chi connectivity index (χ1n) is 13.0. The Bertz CT molecular complexity index is 1160. The molecule has 3 aromatic carbocycles. The summed E-state index contributed by atoms with van der Waals surface area (Å²) in [7, 11) is 0. The van der Waals surface area contributed by atoms with E-state index in [0.29, 0.717) is 19.5 Å². The fourth-order valence-corrected chi connectivity index (χ4v) is 5.21. The average Bonchev–Trinajstić information content (AvgIpc) is 3.15. The molecule has 2 heterocycles. The minimum Gasteiger partial charge on any atom is -0.322 e. The van der Waals surface area contributed by atoms with Crippen molar-refractivity contribution in [3.05, 3.63) is 114 Å². The largest absolute Gasteiger partial charge is 0.326 e. The number of hydrogen-bond donors (Lipinski definition) is 1. The molecule has 2 aliphatic heterocycles. The van der Waals surface area contributed by atoms with Crippen molar-refractivity contribution in [2.24, 2.45) is 0 Å². The highest BCUT2D eigenvalue weighted by molar-refractivity contribution is 6.07. The number of amides is 3. The van der Waals surface area contributed by atoms with E-state index in [1.165, 1.54) is 10.5 Å². The second-order valence-electron chi connectivity index (χ2n) is 9.94. The normalized spacial score (nSPS) is 18.4. The molecule has 2 saturated heterocycles. The summed E-state index contributed by atoms with van der Waals surface area (Å²) < 4.78 is 0. The van der Waals surface area contributed by atoms with E-state index < -0.39 is 5.54 Å². The van der Waals surface area contributed by atoms with E-state index >= 15 is 0 Å². The van der Waals surface area contributed by atoms with Crippen molar-refractivity contribution in [3.63, 3.8) is 0 Å². The van der Waals surface area contributed by atoms with Crippen LogP contribution in [0.1, 0.15) is 16.7 Å². The molecule has 0 radical (unpaired) electrons. The van der Waals surface area contributed by atoms with E-state index in [0.717, 1.165) is 43.9 Å². The molecule has 0 saturated carbocycles. The van der Waals surface area contributed by atoms with Gasteiger partial charge in [-0.05, 0) is 16.7 Å². The lowest BCUT2D eigenvalue weighted by Gasteiger charge is -2.35. The van der Waals surface area contributed by atoms with Gasteiger partial charge in [0.05, 0.1) is 6.67 Å². The summed E-state index contributed by atoms with van der Waals surface area (Å²) in [6.45, 7) is 4.66. The zero-order chi connectivity index (χ0) is 25.5. The van der Waals surface area contributed by atoms with Gasteiger partial charge in [0.15, 0.2) is 0 Å². The Balaban J connectivity index is 1.22. The highest BCUT2D eigenvalue weighted by atomic mass is 16.2. The summed E-state index contributed by atoms with van der Waals surface area (Å²) in [6, 6.07) is 29.9. The van der Waals surface area contributed by atoms with Crippen molar-refractivity contribution >= 4 is 18.0 Å². The maximum absolute atomic E-state index is 13.9. The van der Waals surface area contributed by atoms with Gasteiger partial charge >= 0.3 is 6.03 Å². The fourth-order valence-electron chi connectivity index (χ4n) is 5.21. The summed E-state index contributed by atoms with van der Waals surface area (Å²) in [6.07, 6.45) is 5.28. The van der Waals surface area contributed by atoms with Gasteiger partial charge in [0.1, 0.15) is 5.54 Å². The van der Waals surface area contributed by atoms with Gasteiger partial charge in [-0.2, -0.15) is 0 Å². The molecule has 3 amide bonds. The van der Waals surface area contributed by atoms with Crippen LogP contribution in [0.15, 0.2) is 97.1 Å². The molecule has 2 fully saturated rings. The monoisotopic (exact) mass is 494 g/mol. The first-order chi connectivity index (χ1) is 18.1. The Morgan fingerprint density at radius 1 is 0.703 bits per heavy atom. The molecular formula is C31H34N4O2. The SMILES string of the molecule is O=C1NC(Cc2ccccc2)(Cc2ccccc2)C(=O)N1CN1CCN(CC=Cc2ccccc2)CC1. The Hall–Kier alpha value is -3.74. The summed E-state index contributed by atoms with van der Waals surface area (Å²) in [5.74, 6) is -0.140. The number of hydrogen-bond acceptors (Lipinski definition) is 4. The van der Waals surface area contributed by atoms with Gasteiger partial charge < -0.3 is 5.32 Å². The van der Waals surface area contributed by atoms with Crippen LogP contribution < -0.4 is 5.32 Å². The van der Waals surface area contributed by atoms with Crippen LogP contribution >= 0.6 is 0 Å². The summed E-state index contributed by atoms with van der Waals surface area (Å²) in [5, 5.41) is 3.10. The van der Waals surface area contributed by atoms with Crippen LogP contribution in [0.2, 0.25) is 0 Å². The van der Waals surface area contributed by atoms with Crippen LogP contribution in [-0.2, 0) is 17.6 Å². The first-order valence-corrected chi connectivity index (χ1v) is 13.0. The molecule has 0 unspecified atom stereocenters. The van der Waals surface area contributed by atoms with Crippen LogP contribution in [0.25, 0.3) is 6.08 Å². The minimum absolute atomic E-state index is 0.140. The number of nitrogens with zero attached hydrogens (tertiary/aromatic N) is 3. The predicted octanol–water partition coefficient (Wildman–Crippen LogP) is 4.05. The molecule has 0 atom stereocenters. The molecule has 3 aromatic rings. The topological polar surface area (TPSA) is 55.9 Å². The van der Waals surface area contributed by atoms with Crippen molar-refractivity contribution in [3.8, 4) is 0 Å². The molecule has 0 bridgehead atoms. The van der Waals surface area contributed by atoms with Crippen molar-refractivity contribution < 1.29 is 9.59 Å². The number of rotatable bonds is 9. The molecule has 0 aliphatic carbocycles. The lowest BCUT2D eigenvalue weighted by Crippen LogP contribution is -2.53. The minimum atomic E-state index is -0.982. The van der Waals surface area contributed by atoms with E-state index in [4.69, 9.17) is 0 Å². The molecule has 2 aliphatic rings. The van der Waals surface area contributed by atoms with E-state index in [9.17, 15) is 9.59 Å². The van der Waals surface area contributed by atoms with Gasteiger partial charge in [-0.1, -0.05) is 103 Å². The van der Waals surface area contributed by atoms with Gasteiger partial charge in [0.2, 0.25) is 0 Å². The molecule has 0 aromatic heterocycles. The number of carbonyl (C=O) groups is 2. The second kappa shape index (κ2) is 11.5. The fraction of sp³-hybridized carbons (Fsp3) is 0.290. The number of imide groups is 1. The molecular weight excluding hydrogens is 460 g/mol. The third kappa shape index (κ3) is 6.16. The number of nitrogens with one attached hydrogen (secondary N) is 1. The number of urea groups is 1. The highest BCUT2D eigenvalue weighted by Gasteiger charge is 2.51. The van der Waals surface area contributed by atoms with Gasteiger partial charge in [-0.15, -0.1) is 0 Å². The van der Waals surface area contributed by atoms with Gasteiger partial charge in [-0.3, -0.25) is 14.6 Å². The lowest BCUT2D eigenvalue weighted by molar-refractivity contribution is -0.133. The summed E-state index contributed by atoms with van der Waals surface area (Å²) in [5.41, 5.74) is 2.29. The quantitative estimate of drug-likeness (QED) is 0.456. The molecule has 190 valence electrons. The van der Waals surface area contributed by atoms with Crippen molar-refractivity contribution in [1.29, 1.82) is 0 Å². The first kappa shape index (κ1) is 24.9. The van der Waals surface area contributed by atoms with Crippen LogP contribution in [0.3, 0.4) is 0 Å². The second-order valence-corrected chi connectivity index (χ2v) is 9.94. The molecule has 6 heteroatoms. The van der Waals surface area contributed by atoms with E-state index in [1.807, 2.05) is 78.9 Å². The molecule has 1 N–H and O–H groups in total. The number of piperazine rings is 1. The predicted molar refractivity (Wildman–Crippen MR) is 147 cm³/mol. The third-order valence-corrected chi connectivity index (χ3v) is 7.22. The zero-order valence-electron chi connectivity index (χ0n) is 21.1. The number of carbonyl (C=O) groups excluding carboxylic acids is 2. The van der Waals surface area contributed by atoms with Crippen LogP contribution in [0.4, 0.5) is 4.79 Å². The standard InChI is InChI=1S/C31H34N4O2/c36-29-31(23-27-13-6-2-7-14-27,24-28-15-8-3-9-16-28)32-30(37)35(29)25-34-21-19-33(20-22-34)18-10-17-26-11-4-1-5-12-26/h1-17H,18-25H2,(H,32,37). The molecule has 5 rings (SSSR count). The average molecular weight is 495 g/mol. The zero-order valence-corrected chi connectivity index (χ0v) is 21.1. The Kier molecular flexibility index (Phi) is 7.78. The van der Waals surface area contributed by atoms with Crippen molar-refractivity contribution in [2.45, 2.75) is 18.4 Å². The van der Waals surface area contributed by atoms with Crippen LogP contribution in [-0.4, -0.2) is 71.6 Å². The third-order valence-electron chi connectivity index (χ3n) is 7.22. The van der Waals surface area contributed by atoms with Crippen LogP contribution in [0.5, 0.6) is 0 Å². The Morgan fingerprint density at radius 3 is 1.78 bits per heavy atom. The number of benzene rings is 3. The molecule has 37 heavy (non-hydrogen) atoms. The molecule has 0 spiro atoms. The van der Waals surface area contributed by atoms with Crippen molar-refractivity contribution in [2.75, 3.05) is 39.4 Å². The summed E-state index contributed by atoms with van der Waals surface area (Å²) >= 11 is 0. The van der Waals surface area contributed by atoms with E-state index in [-0.39, 0.29) is 11.9 Å². The maximum Gasteiger partial charge on any atom is 0.326 e. The maximum atomic E-state index is 13.9. The smallest absolute Gasteiger partial charge is 0.322 e. The van der Waals surface area contributed by atoms with Crippen molar-refractivity contribution in [1.82, 2.24) is 20.0 Å². The van der Waals surface area contributed by atoms with Crippen LogP contribution in [0, 0.1) is 0 Å². The Labute approximate surface area is 219 Å². The van der Waals surface area contributed by atoms with Gasteiger partial charge in [-0.25, -0.2) is 9.69 Å². The lowest BCUT2D eigenvalue weighted by atomic mass is 9.84. The Morgan fingerprint density at radius 2 is 1.22 bits per heavy atom. The highest BCUT2D eigenvalue weighted by Crippen LogP contribution is 2.27. The van der Waals surface area contributed by atoms with Gasteiger partial charge in [0, 0.05) is 45.6 Å². The summed E-state index contributed by atoms with van der Waals surface area (Å²) in [4.78, 5) is 33.0. The molecule has 6 nitrogen and oxygen atoms in total. The van der Waals surface area contributed by atoms with E-state index in [2.05, 4.69) is 39.4 Å².